The summed E-state index contributed by atoms with van der Waals surface area (Å²) in [4.78, 5) is 4.49. The number of nitrogens with one attached hydrogen (secondary N) is 1. The Morgan fingerprint density at radius 2 is 1.84 bits per heavy atom. The van der Waals surface area contributed by atoms with Gasteiger partial charge in [0.15, 0.2) is 5.72 Å². The minimum atomic E-state index is -3.42. The quantitative estimate of drug-likeness (QED) is 0.877. The second kappa shape index (κ2) is 6.00. The van der Waals surface area contributed by atoms with Crippen molar-refractivity contribution in [1.29, 1.82) is 0 Å². The average molecular weight is 383 g/mol. The molecule has 0 radical (unpaired) electrons. The Morgan fingerprint density at radius 1 is 1.16 bits per heavy atom. The molecule has 0 aromatic heterocycles. The zero-order chi connectivity index (χ0) is 18.4. The molecule has 2 aromatic carbocycles. The summed E-state index contributed by atoms with van der Waals surface area (Å²) in [7, 11) is -3.42. The third-order valence-electron chi connectivity index (χ3n) is 3.47. The van der Waals surface area contributed by atoms with Crippen LogP contribution in [0.1, 0.15) is 25.0 Å². The van der Waals surface area contributed by atoms with Gasteiger partial charge < -0.3 is 4.74 Å². The summed E-state index contributed by atoms with van der Waals surface area (Å²) >= 11 is 5.82. The molecular formula is C17H16ClFN2O3S. The highest BCUT2D eigenvalue weighted by molar-refractivity contribution is 7.92. The number of benzene rings is 2. The first kappa shape index (κ1) is 17.7. The molecule has 0 saturated carbocycles. The predicted molar refractivity (Wildman–Crippen MR) is 96.7 cm³/mol. The minimum Gasteiger partial charge on any atom is -0.466 e. The molecule has 8 heteroatoms. The van der Waals surface area contributed by atoms with E-state index < -0.39 is 21.6 Å². The van der Waals surface area contributed by atoms with E-state index in [4.69, 9.17) is 16.3 Å². The lowest BCUT2D eigenvalue weighted by atomic mass is 9.98. The summed E-state index contributed by atoms with van der Waals surface area (Å²) in [6.07, 6.45) is 1.06. The molecule has 0 bridgehead atoms. The van der Waals surface area contributed by atoms with Crippen molar-refractivity contribution >= 4 is 33.0 Å². The van der Waals surface area contributed by atoms with Crippen LogP contribution in [0, 0.1) is 5.82 Å². The molecule has 5 nitrogen and oxygen atoms in total. The Balaban J connectivity index is 2.14. The lowest BCUT2D eigenvalue weighted by molar-refractivity contribution is 0.115. The summed E-state index contributed by atoms with van der Waals surface area (Å²) < 4.78 is 45.4. The first-order valence-corrected chi connectivity index (χ1v) is 9.67. The summed E-state index contributed by atoms with van der Waals surface area (Å²) in [6.45, 7) is 3.47. The smallest absolute Gasteiger partial charge is 0.229 e. The van der Waals surface area contributed by atoms with E-state index >= 15 is 0 Å². The van der Waals surface area contributed by atoms with Crippen LogP contribution in [-0.4, -0.2) is 26.1 Å². The van der Waals surface area contributed by atoms with Gasteiger partial charge in [0.1, 0.15) is 11.6 Å². The molecular weight excluding hydrogens is 367 g/mol. The van der Waals surface area contributed by atoms with E-state index in [-0.39, 0.29) is 0 Å². The summed E-state index contributed by atoms with van der Waals surface area (Å²) in [5, 5.41) is 0.293. The largest absolute Gasteiger partial charge is 0.466 e. The number of nitrogens with zero attached hydrogens (tertiary/aromatic N) is 1. The van der Waals surface area contributed by atoms with Crippen molar-refractivity contribution in [1.82, 2.24) is 0 Å². The van der Waals surface area contributed by atoms with Gasteiger partial charge in [-0.1, -0.05) is 11.6 Å². The van der Waals surface area contributed by atoms with E-state index in [0.29, 0.717) is 33.3 Å². The van der Waals surface area contributed by atoms with E-state index in [1.54, 1.807) is 44.2 Å². The number of fused-ring (bicyclic) bond motifs is 1. The maximum atomic E-state index is 14.4. The molecule has 0 spiro atoms. The fourth-order valence-electron chi connectivity index (χ4n) is 2.59. The fourth-order valence-corrected chi connectivity index (χ4v) is 3.30. The van der Waals surface area contributed by atoms with Gasteiger partial charge in [0.25, 0.3) is 0 Å². The van der Waals surface area contributed by atoms with Gasteiger partial charge in [-0.3, -0.25) is 4.72 Å². The van der Waals surface area contributed by atoms with Crippen LogP contribution in [0.15, 0.2) is 41.4 Å². The molecule has 1 N–H and O–H groups in total. The number of aliphatic imine (C=N–C) groups is 1. The van der Waals surface area contributed by atoms with E-state index in [1.165, 1.54) is 6.07 Å². The second-order valence-electron chi connectivity index (χ2n) is 6.22. The lowest BCUT2D eigenvalue weighted by Crippen LogP contribution is -2.32. The van der Waals surface area contributed by atoms with Crippen molar-refractivity contribution in [3.63, 3.8) is 0 Å². The highest BCUT2D eigenvalue weighted by Gasteiger charge is 2.30. The van der Waals surface area contributed by atoms with E-state index in [1.807, 2.05) is 0 Å². The molecule has 132 valence electrons. The number of halogens is 2. The number of anilines is 1. The SMILES string of the molecule is CC1(C)N=C(c2ccc(Cl)cc2F)c2ccc(NS(C)(=O)=O)cc2O1. The van der Waals surface area contributed by atoms with Gasteiger partial charge in [-0.15, -0.1) is 0 Å². The molecule has 25 heavy (non-hydrogen) atoms. The molecule has 1 aliphatic rings. The Labute approximate surface area is 150 Å². The number of hydrogen-bond acceptors (Lipinski definition) is 4. The summed E-state index contributed by atoms with van der Waals surface area (Å²) in [5.41, 5.74) is 0.713. The van der Waals surface area contributed by atoms with Gasteiger partial charge >= 0.3 is 0 Å². The summed E-state index contributed by atoms with van der Waals surface area (Å²) in [5.74, 6) is -0.0776. The van der Waals surface area contributed by atoms with Gasteiger partial charge in [0, 0.05) is 22.2 Å². The van der Waals surface area contributed by atoms with Crippen molar-refractivity contribution in [3.8, 4) is 5.75 Å². The van der Waals surface area contributed by atoms with Gasteiger partial charge in [0.2, 0.25) is 10.0 Å². The van der Waals surface area contributed by atoms with Gasteiger partial charge in [-0.25, -0.2) is 17.8 Å². The van der Waals surface area contributed by atoms with Crippen LogP contribution in [0.3, 0.4) is 0 Å². The van der Waals surface area contributed by atoms with E-state index in [2.05, 4.69) is 9.71 Å². The molecule has 3 rings (SSSR count). The van der Waals surface area contributed by atoms with Gasteiger partial charge in [-0.2, -0.15) is 0 Å². The van der Waals surface area contributed by atoms with Crippen LogP contribution >= 0.6 is 11.6 Å². The lowest BCUT2D eigenvalue weighted by Gasteiger charge is -2.30. The van der Waals surface area contributed by atoms with Gasteiger partial charge in [-0.05, 0) is 44.2 Å². The fraction of sp³-hybridized carbons (Fsp3) is 0.235. The predicted octanol–water partition coefficient (Wildman–Crippen LogP) is 3.82. The van der Waals surface area contributed by atoms with Crippen LogP contribution in [0.4, 0.5) is 10.1 Å². The topological polar surface area (TPSA) is 67.8 Å². The molecule has 0 aliphatic carbocycles. The van der Waals surface area contributed by atoms with Crippen molar-refractivity contribution in [3.05, 3.63) is 58.4 Å². The number of sulfonamides is 1. The molecule has 1 aliphatic heterocycles. The normalized spacial score (nSPS) is 15.8. The zero-order valence-corrected chi connectivity index (χ0v) is 15.4. The van der Waals surface area contributed by atoms with Crippen molar-refractivity contribution in [2.75, 3.05) is 11.0 Å². The first-order chi connectivity index (χ1) is 11.5. The van der Waals surface area contributed by atoms with E-state index in [9.17, 15) is 12.8 Å². The molecule has 0 amide bonds. The molecule has 0 unspecified atom stereocenters. The second-order valence-corrected chi connectivity index (χ2v) is 8.40. The third kappa shape index (κ3) is 3.93. The molecule has 0 fully saturated rings. The number of rotatable bonds is 3. The first-order valence-electron chi connectivity index (χ1n) is 7.41. The van der Waals surface area contributed by atoms with Crippen molar-refractivity contribution in [2.45, 2.75) is 19.6 Å². The summed E-state index contributed by atoms with van der Waals surface area (Å²) in [6, 6.07) is 9.15. The highest BCUT2D eigenvalue weighted by atomic mass is 35.5. The Kier molecular flexibility index (Phi) is 4.25. The number of ether oxygens (including phenoxy) is 1. The van der Waals surface area contributed by atoms with Crippen molar-refractivity contribution in [2.24, 2.45) is 4.99 Å². The minimum absolute atomic E-state index is 0.293. The molecule has 0 saturated heterocycles. The Hall–Kier alpha value is -2.12. The highest BCUT2D eigenvalue weighted by Crippen LogP contribution is 2.35. The third-order valence-corrected chi connectivity index (χ3v) is 4.31. The van der Waals surface area contributed by atoms with Crippen LogP contribution in [0.5, 0.6) is 5.75 Å². The van der Waals surface area contributed by atoms with Crippen LogP contribution in [0.2, 0.25) is 5.02 Å². The van der Waals surface area contributed by atoms with Crippen molar-refractivity contribution < 1.29 is 17.5 Å². The monoisotopic (exact) mass is 382 g/mol. The maximum absolute atomic E-state index is 14.4. The van der Waals surface area contributed by atoms with E-state index in [0.717, 1.165) is 6.26 Å². The van der Waals surface area contributed by atoms with Gasteiger partial charge in [0.05, 0.1) is 17.7 Å². The molecule has 0 atom stereocenters. The Morgan fingerprint density at radius 3 is 2.48 bits per heavy atom. The molecule has 2 aromatic rings. The standard InChI is InChI=1S/C17H16ClFN2O3S/c1-17(2)20-16(12-6-4-10(18)8-14(12)19)13-7-5-11(9-15(13)24-17)21-25(3,22)23/h4-9,21H,1-3H3. The molecule has 1 heterocycles. The van der Waals surface area contributed by atoms with Crippen LogP contribution in [-0.2, 0) is 10.0 Å². The Bertz CT molecular complexity index is 987. The maximum Gasteiger partial charge on any atom is 0.229 e. The van der Waals surface area contributed by atoms with Crippen LogP contribution in [0.25, 0.3) is 0 Å². The average Bonchev–Trinajstić information content (AvgIpc) is 2.43. The van der Waals surface area contributed by atoms with Crippen LogP contribution < -0.4 is 9.46 Å². The number of hydrogen-bond donors (Lipinski definition) is 1. The zero-order valence-electron chi connectivity index (χ0n) is 13.8.